The van der Waals surface area contributed by atoms with Crippen LogP contribution in [0.3, 0.4) is 0 Å². The third-order valence-corrected chi connectivity index (χ3v) is 4.16. The van der Waals surface area contributed by atoms with E-state index in [-0.39, 0.29) is 5.54 Å². The predicted molar refractivity (Wildman–Crippen MR) is 77.8 cm³/mol. The van der Waals surface area contributed by atoms with E-state index in [2.05, 4.69) is 37.9 Å². The summed E-state index contributed by atoms with van der Waals surface area (Å²) in [7, 11) is 5.72. The summed E-state index contributed by atoms with van der Waals surface area (Å²) in [5.41, 5.74) is 4.02. The fraction of sp³-hybridized carbons (Fsp3) is 0.625. The molecule has 19 heavy (non-hydrogen) atoms. The number of rotatable bonds is 6. The highest BCUT2D eigenvalue weighted by molar-refractivity contribution is 5.43. The molecule has 0 amide bonds. The van der Waals surface area contributed by atoms with E-state index in [1.807, 2.05) is 0 Å². The number of nitrogens with zero attached hydrogens (tertiary/aromatic N) is 1. The fourth-order valence-electron chi connectivity index (χ4n) is 2.92. The zero-order valence-electron chi connectivity index (χ0n) is 12.7. The van der Waals surface area contributed by atoms with Crippen molar-refractivity contribution in [2.75, 3.05) is 27.9 Å². The lowest BCUT2D eigenvalue weighted by molar-refractivity contribution is 0.0867. The molecular weight excluding hydrogens is 238 g/mol. The van der Waals surface area contributed by atoms with Gasteiger partial charge in [-0.3, -0.25) is 4.90 Å². The maximum Gasteiger partial charge on any atom is 0.126 e. The van der Waals surface area contributed by atoms with Crippen LogP contribution < -0.4 is 4.74 Å². The van der Waals surface area contributed by atoms with Crippen molar-refractivity contribution in [2.24, 2.45) is 0 Å². The molecule has 106 valence electrons. The van der Waals surface area contributed by atoms with Crippen molar-refractivity contribution in [3.63, 3.8) is 0 Å². The molecule has 1 aliphatic carbocycles. The van der Waals surface area contributed by atoms with Crippen LogP contribution in [-0.4, -0.2) is 38.3 Å². The van der Waals surface area contributed by atoms with Gasteiger partial charge in [0.25, 0.3) is 0 Å². The van der Waals surface area contributed by atoms with Crippen molar-refractivity contribution in [3.05, 3.63) is 28.8 Å². The van der Waals surface area contributed by atoms with Crippen LogP contribution in [0.2, 0.25) is 0 Å². The van der Waals surface area contributed by atoms with Gasteiger partial charge in [-0.1, -0.05) is 17.7 Å². The van der Waals surface area contributed by atoms with Crippen molar-refractivity contribution in [1.29, 1.82) is 0 Å². The molecule has 0 saturated heterocycles. The number of aryl methyl sites for hydroxylation is 2. The van der Waals surface area contributed by atoms with Crippen LogP contribution in [-0.2, 0) is 11.3 Å². The zero-order chi connectivity index (χ0) is 14.0. The monoisotopic (exact) mass is 263 g/mol. The fourth-order valence-corrected chi connectivity index (χ4v) is 2.92. The highest BCUT2D eigenvalue weighted by Gasteiger charge is 2.46. The molecule has 0 heterocycles. The minimum atomic E-state index is 0.247. The van der Waals surface area contributed by atoms with Gasteiger partial charge in [-0.25, -0.2) is 0 Å². The summed E-state index contributed by atoms with van der Waals surface area (Å²) in [5.74, 6) is 1.02. The number of methoxy groups -OCH3 is 2. The maximum absolute atomic E-state index is 5.57. The molecule has 0 unspecified atom stereocenters. The minimum absolute atomic E-state index is 0.247. The SMILES string of the molecule is COCC1(N(C)Cc2cc(C)cc(C)c2OC)CC1. The van der Waals surface area contributed by atoms with Crippen molar-refractivity contribution >= 4 is 0 Å². The Kier molecular flexibility index (Phi) is 4.16. The summed E-state index contributed by atoms with van der Waals surface area (Å²) in [5, 5.41) is 0. The second kappa shape index (κ2) is 5.51. The van der Waals surface area contributed by atoms with Gasteiger partial charge < -0.3 is 9.47 Å². The van der Waals surface area contributed by atoms with Crippen LogP contribution in [0.1, 0.15) is 29.5 Å². The number of likely N-dealkylation sites (N-methyl/N-ethyl adjacent to an activating group) is 1. The standard InChI is InChI=1S/C16H25NO2/c1-12-8-13(2)15(19-5)14(9-12)10-17(3)16(6-7-16)11-18-4/h8-9H,6-7,10-11H2,1-5H3. The molecule has 3 nitrogen and oxygen atoms in total. The summed E-state index contributed by atoms with van der Waals surface area (Å²) in [6.07, 6.45) is 2.45. The van der Waals surface area contributed by atoms with Gasteiger partial charge in [-0.15, -0.1) is 0 Å². The van der Waals surface area contributed by atoms with E-state index in [9.17, 15) is 0 Å². The van der Waals surface area contributed by atoms with Crippen LogP contribution in [0.25, 0.3) is 0 Å². The first-order valence-electron chi connectivity index (χ1n) is 6.87. The molecule has 1 aromatic carbocycles. The predicted octanol–water partition coefficient (Wildman–Crippen LogP) is 2.92. The third kappa shape index (κ3) is 2.93. The molecule has 0 aromatic heterocycles. The van der Waals surface area contributed by atoms with E-state index in [0.29, 0.717) is 0 Å². The molecule has 0 atom stereocenters. The van der Waals surface area contributed by atoms with Crippen molar-refractivity contribution in [1.82, 2.24) is 4.90 Å². The number of hydrogen-bond donors (Lipinski definition) is 0. The number of ether oxygens (including phenoxy) is 2. The van der Waals surface area contributed by atoms with Crippen LogP contribution in [0.15, 0.2) is 12.1 Å². The Bertz CT molecular complexity index is 452. The summed E-state index contributed by atoms with van der Waals surface area (Å²) in [4.78, 5) is 2.41. The second-order valence-electron chi connectivity index (χ2n) is 5.79. The van der Waals surface area contributed by atoms with Gasteiger partial charge in [0.2, 0.25) is 0 Å². The zero-order valence-corrected chi connectivity index (χ0v) is 12.7. The quantitative estimate of drug-likeness (QED) is 0.787. The van der Waals surface area contributed by atoms with Crippen molar-refractivity contribution in [2.45, 2.75) is 38.8 Å². The Morgan fingerprint density at radius 2 is 1.89 bits per heavy atom. The molecule has 3 heteroatoms. The smallest absolute Gasteiger partial charge is 0.126 e. The Morgan fingerprint density at radius 1 is 1.21 bits per heavy atom. The van der Waals surface area contributed by atoms with Gasteiger partial charge in [0, 0.05) is 24.8 Å². The lowest BCUT2D eigenvalue weighted by Crippen LogP contribution is -2.37. The normalized spacial score (nSPS) is 16.7. The Hall–Kier alpha value is -1.06. The van der Waals surface area contributed by atoms with Gasteiger partial charge in [0.15, 0.2) is 0 Å². The van der Waals surface area contributed by atoms with E-state index in [0.717, 1.165) is 18.9 Å². The molecule has 1 aromatic rings. The highest BCUT2D eigenvalue weighted by atomic mass is 16.5. The maximum atomic E-state index is 5.57. The molecule has 0 N–H and O–H groups in total. The van der Waals surface area contributed by atoms with Crippen LogP contribution in [0.5, 0.6) is 5.75 Å². The van der Waals surface area contributed by atoms with Crippen LogP contribution in [0.4, 0.5) is 0 Å². The average molecular weight is 263 g/mol. The van der Waals surface area contributed by atoms with Crippen molar-refractivity contribution < 1.29 is 9.47 Å². The van der Waals surface area contributed by atoms with E-state index in [1.165, 1.54) is 29.5 Å². The lowest BCUT2D eigenvalue weighted by Gasteiger charge is -2.28. The Labute approximate surface area is 116 Å². The number of hydrogen-bond acceptors (Lipinski definition) is 3. The molecule has 1 fully saturated rings. The van der Waals surface area contributed by atoms with E-state index in [4.69, 9.17) is 9.47 Å². The van der Waals surface area contributed by atoms with Crippen LogP contribution in [0, 0.1) is 13.8 Å². The summed E-state index contributed by atoms with van der Waals surface area (Å²) >= 11 is 0. The first kappa shape index (κ1) is 14.4. The van der Waals surface area contributed by atoms with E-state index >= 15 is 0 Å². The second-order valence-corrected chi connectivity index (χ2v) is 5.79. The Morgan fingerprint density at radius 3 is 2.42 bits per heavy atom. The van der Waals surface area contributed by atoms with Gasteiger partial charge in [-0.2, -0.15) is 0 Å². The molecule has 0 radical (unpaired) electrons. The summed E-state index contributed by atoms with van der Waals surface area (Å²) < 4.78 is 10.9. The summed E-state index contributed by atoms with van der Waals surface area (Å²) in [6, 6.07) is 4.40. The highest BCUT2D eigenvalue weighted by Crippen LogP contribution is 2.42. The average Bonchev–Trinajstić information content (AvgIpc) is 3.10. The molecule has 1 aliphatic rings. The summed E-state index contributed by atoms with van der Waals surface area (Å²) in [6.45, 7) is 5.97. The Balaban J connectivity index is 2.19. The first-order valence-corrected chi connectivity index (χ1v) is 6.87. The molecule has 0 bridgehead atoms. The third-order valence-electron chi connectivity index (χ3n) is 4.16. The van der Waals surface area contributed by atoms with E-state index < -0.39 is 0 Å². The molecule has 0 aliphatic heterocycles. The molecule has 0 spiro atoms. The van der Waals surface area contributed by atoms with Gasteiger partial charge in [0.1, 0.15) is 5.75 Å². The van der Waals surface area contributed by atoms with Gasteiger partial charge in [0.05, 0.1) is 13.7 Å². The largest absolute Gasteiger partial charge is 0.496 e. The molecule has 2 rings (SSSR count). The van der Waals surface area contributed by atoms with E-state index in [1.54, 1.807) is 14.2 Å². The van der Waals surface area contributed by atoms with Crippen molar-refractivity contribution in [3.8, 4) is 5.75 Å². The lowest BCUT2D eigenvalue weighted by atomic mass is 10.0. The molecule has 1 saturated carbocycles. The van der Waals surface area contributed by atoms with Gasteiger partial charge >= 0.3 is 0 Å². The minimum Gasteiger partial charge on any atom is -0.496 e. The first-order chi connectivity index (χ1) is 9.02. The molecular formula is C16H25NO2. The van der Waals surface area contributed by atoms with Crippen LogP contribution >= 0.6 is 0 Å². The topological polar surface area (TPSA) is 21.7 Å². The number of benzene rings is 1. The van der Waals surface area contributed by atoms with Gasteiger partial charge in [-0.05, 0) is 39.3 Å².